The van der Waals surface area contributed by atoms with Gasteiger partial charge in [-0.05, 0) is 36.2 Å². The average Bonchev–Trinajstić information content (AvgIpc) is 2.69. The van der Waals surface area contributed by atoms with Gasteiger partial charge in [-0.3, -0.25) is 9.59 Å². The number of carbonyl (C=O) groups excluding carboxylic acids is 1. The fourth-order valence-electron chi connectivity index (χ4n) is 2.40. The third kappa shape index (κ3) is 5.96. The van der Waals surface area contributed by atoms with Crippen LogP contribution in [0.1, 0.15) is 38.1 Å². The van der Waals surface area contributed by atoms with Gasteiger partial charge in [-0.15, -0.1) is 0 Å². The molecule has 0 aliphatic rings. The van der Waals surface area contributed by atoms with Gasteiger partial charge in [0.25, 0.3) is 5.56 Å². The number of anilines is 1. The minimum atomic E-state index is -0.0763. The molecule has 0 spiro atoms. The Labute approximate surface area is 164 Å². The molecule has 0 radical (unpaired) electrons. The summed E-state index contributed by atoms with van der Waals surface area (Å²) in [6.07, 6.45) is 1.01. The van der Waals surface area contributed by atoms with Crippen molar-refractivity contribution in [3.8, 4) is 0 Å². The van der Waals surface area contributed by atoms with Crippen LogP contribution >= 0.6 is 12.6 Å². The molecule has 2 N–H and O–H groups in total. The topological polar surface area (TPSA) is 74.8 Å². The van der Waals surface area contributed by atoms with Gasteiger partial charge in [-0.2, -0.15) is 12.6 Å². The summed E-state index contributed by atoms with van der Waals surface area (Å²) in [7, 11) is 0. The summed E-state index contributed by atoms with van der Waals surface area (Å²) in [6, 6.07) is 15.2. The van der Waals surface area contributed by atoms with Crippen molar-refractivity contribution >= 4 is 35.1 Å². The second kappa shape index (κ2) is 9.92. The molecule has 0 aliphatic heterocycles. The number of nitrogens with one attached hydrogen (secondary N) is 2. The van der Waals surface area contributed by atoms with Crippen molar-refractivity contribution in [1.29, 1.82) is 0 Å². The number of carbonyl (C=O) groups is 1. The van der Waals surface area contributed by atoms with Crippen LogP contribution in [0.4, 0.5) is 5.69 Å². The molecule has 0 aliphatic carbocycles. The zero-order chi connectivity index (χ0) is 19.8. The van der Waals surface area contributed by atoms with Gasteiger partial charge >= 0.3 is 0 Å². The van der Waals surface area contributed by atoms with Crippen LogP contribution in [-0.2, 0) is 11.2 Å². The number of hydrogen-bond acceptors (Lipinski definition) is 4. The molecule has 0 atom stereocenters. The standard InChI is InChI=1S/C11H12N2O.C10H13NOS/c1-7(2)10-12-9-6-4-3-5-8(9)11(14)13-10;1-2-8-3-5-9(6-4-8)11-10(12)7-13/h3-7H,1-2H3,(H,12,13,14);3-6,13H,2,7H2,1H3,(H,11,12). The minimum absolute atomic E-state index is 0.0562. The number of hydrogen-bond donors (Lipinski definition) is 3. The molecule has 5 nitrogen and oxygen atoms in total. The number of aromatic amines is 1. The summed E-state index contributed by atoms with van der Waals surface area (Å²) in [4.78, 5) is 29.7. The molecule has 0 unspecified atom stereocenters. The van der Waals surface area contributed by atoms with Crippen molar-refractivity contribution in [3.05, 3.63) is 70.3 Å². The van der Waals surface area contributed by atoms with Gasteiger partial charge in [-0.1, -0.05) is 45.0 Å². The van der Waals surface area contributed by atoms with Crippen LogP contribution in [0.3, 0.4) is 0 Å². The van der Waals surface area contributed by atoms with E-state index in [2.05, 4.69) is 34.8 Å². The fourth-order valence-corrected chi connectivity index (χ4v) is 2.48. The van der Waals surface area contributed by atoms with Gasteiger partial charge in [-0.25, -0.2) is 4.98 Å². The average molecular weight is 384 g/mol. The van der Waals surface area contributed by atoms with E-state index in [4.69, 9.17) is 0 Å². The lowest BCUT2D eigenvalue weighted by molar-refractivity contribution is -0.113. The molecule has 0 fully saturated rings. The normalized spacial score (nSPS) is 10.4. The minimum Gasteiger partial charge on any atom is -0.325 e. The molecule has 0 saturated carbocycles. The fraction of sp³-hybridized carbons (Fsp3) is 0.286. The highest BCUT2D eigenvalue weighted by Crippen LogP contribution is 2.11. The molecular weight excluding hydrogens is 358 g/mol. The zero-order valence-electron chi connectivity index (χ0n) is 15.8. The predicted octanol–water partition coefficient (Wildman–Crippen LogP) is 4.16. The van der Waals surface area contributed by atoms with E-state index in [0.717, 1.165) is 23.4 Å². The number of aromatic nitrogens is 2. The van der Waals surface area contributed by atoms with Crippen LogP contribution < -0.4 is 10.9 Å². The molecule has 0 saturated heterocycles. The maximum atomic E-state index is 11.6. The molecule has 3 rings (SSSR count). The van der Waals surface area contributed by atoms with E-state index in [-0.39, 0.29) is 23.1 Å². The molecule has 6 heteroatoms. The molecule has 142 valence electrons. The van der Waals surface area contributed by atoms with Crippen molar-refractivity contribution in [2.24, 2.45) is 0 Å². The van der Waals surface area contributed by atoms with Crippen molar-refractivity contribution in [1.82, 2.24) is 9.97 Å². The van der Waals surface area contributed by atoms with E-state index in [1.54, 1.807) is 6.07 Å². The Kier molecular flexibility index (Phi) is 7.61. The number of thiol groups is 1. The van der Waals surface area contributed by atoms with Crippen LogP contribution in [0, 0.1) is 0 Å². The number of aryl methyl sites for hydroxylation is 1. The van der Waals surface area contributed by atoms with Crippen LogP contribution in [0.2, 0.25) is 0 Å². The van der Waals surface area contributed by atoms with Gasteiger partial charge in [0.15, 0.2) is 0 Å². The van der Waals surface area contributed by atoms with Gasteiger partial charge in [0, 0.05) is 11.6 Å². The first-order valence-electron chi connectivity index (χ1n) is 8.93. The Morgan fingerprint density at radius 3 is 2.41 bits per heavy atom. The number of amides is 1. The molecule has 1 aromatic heterocycles. The SMILES string of the molecule is CC(C)c1nc2ccccc2c(=O)[nH]1.CCc1ccc(NC(=O)CS)cc1. The monoisotopic (exact) mass is 383 g/mol. The third-order valence-corrected chi connectivity index (χ3v) is 4.25. The molecule has 1 amide bonds. The summed E-state index contributed by atoms with van der Waals surface area (Å²) in [5.41, 5.74) is 2.80. The number of H-pyrrole nitrogens is 1. The van der Waals surface area contributed by atoms with E-state index in [1.807, 2.05) is 56.3 Å². The Morgan fingerprint density at radius 1 is 1.15 bits per heavy atom. The highest BCUT2D eigenvalue weighted by Gasteiger charge is 2.05. The Morgan fingerprint density at radius 2 is 1.81 bits per heavy atom. The first-order chi connectivity index (χ1) is 12.9. The first kappa shape index (κ1) is 20.7. The van der Waals surface area contributed by atoms with Crippen molar-refractivity contribution in [2.75, 3.05) is 11.1 Å². The summed E-state index contributed by atoms with van der Waals surface area (Å²) in [5.74, 6) is 1.13. The molecule has 2 aromatic carbocycles. The first-order valence-corrected chi connectivity index (χ1v) is 9.56. The number of fused-ring (bicyclic) bond motifs is 1. The van der Waals surface area contributed by atoms with Crippen LogP contribution in [0.5, 0.6) is 0 Å². The van der Waals surface area contributed by atoms with Crippen molar-refractivity contribution < 1.29 is 4.79 Å². The van der Waals surface area contributed by atoms with Crippen LogP contribution in [0.25, 0.3) is 10.9 Å². The number of para-hydroxylation sites is 1. The van der Waals surface area contributed by atoms with Crippen LogP contribution in [0.15, 0.2) is 53.3 Å². The van der Waals surface area contributed by atoms with E-state index in [1.165, 1.54) is 5.56 Å². The van der Waals surface area contributed by atoms with Crippen molar-refractivity contribution in [2.45, 2.75) is 33.1 Å². The van der Waals surface area contributed by atoms with Gasteiger partial charge in [0.2, 0.25) is 5.91 Å². The maximum Gasteiger partial charge on any atom is 0.258 e. The summed E-state index contributed by atoms with van der Waals surface area (Å²) in [6.45, 7) is 6.11. The van der Waals surface area contributed by atoms with E-state index < -0.39 is 0 Å². The van der Waals surface area contributed by atoms with Gasteiger partial charge < -0.3 is 10.3 Å². The third-order valence-electron chi connectivity index (χ3n) is 3.97. The molecule has 0 bridgehead atoms. The predicted molar refractivity (Wildman–Crippen MR) is 115 cm³/mol. The van der Waals surface area contributed by atoms with Gasteiger partial charge in [0.05, 0.1) is 16.7 Å². The Balaban J connectivity index is 0.000000194. The molecule has 1 heterocycles. The number of nitrogens with zero attached hydrogens (tertiary/aromatic N) is 1. The van der Waals surface area contributed by atoms with Crippen molar-refractivity contribution in [3.63, 3.8) is 0 Å². The smallest absolute Gasteiger partial charge is 0.258 e. The lowest BCUT2D eigenvalue weighted by atomic mass is 10.1. The molecular formula is C21H25N3O2S. The molecule has 27 heavy (non-hydrogen) atoms. The quantitative estimate of drug-likeness (QED) is 0.592. The van der Waals surface area contributed by atoms with E-state index >= 15 is 0 Å². The highest BCUT2D eigenvalue weighted by molar-refractivity contribution is 7.81. The lowest BCUT2D eigenvalue weighted by Crippen LogP contribution is -2.12. The second-order valence-corrected chi connectivity index (χ2v) is 6.70. The van der Waals surface area contributed by atoms with E-state index in [0.29, 0.717) is 5.39 Å². The maximum absolute atomic E-state index is 11.6. The lowest BCUT2D eigenvalue weighted by Gasteiger charge is -2.04. The highest BCUT2D eigenvalue weighted by atomic mass is 32.1. The largest absolute Gasteiger partial charge is 0.325 e. The summed E-state index contributed by atoms with van der Waals surface area (Å²) < 4.78 is 0. The summed E-state index contributed by atoms with van der Waals surface area (Å²) in [5, 5.41) is 3.38. The van der Waals surface area contributed by atoms with Crippen LogP contribution in [-0.4, -0.2) is 21.6 Å². The Hall–Kier alpha value is -2.60. The summed E-state index contributed by atoms with van der Waals surface area (Å²) >= 11 is 3.87. The van der Waals surface area contributed by atoms with E-state index in [9.17, 15) is 9.59 Å². The Bertz CT molecular complexity index is 950. The second-order valence-electron chi connectivity index (χ2n) is 6.38. The number of benzene rings is 2. The molecule has 3 aromatic rings. The number of rotatable bonds is 4. The van der Waals surface area contributed by atoms with Gasteiger partial charge in [0.1, 0.15) is 5.82 Å². The zero-order valence-corrected chi connectivity index (χ0v) is 16.7.